The van der Waals surface area contributed by atoms with E-state index in [1.807, 2.05) is 34.1 Å². The highest BCUT2D eigenvalue weighted by Gasteiger charge is 2.31. The summed E-state index contributed by atoms with van der Waals surface area (Å²) in [6, 6.07) is 7.65. The zero-order valence-electron chi connectivity index (χ0n) is 13.1. The molecule has 1 aromatic rings. The summed E-state index contributed by atoms with van der Waals surface area (Å²) in [5.74, 6) is -0.120. The number of benzene rings is 1. The number of nitrogens with zero attached hydrogens (tertiary/aromatic N) is 2. The Morgan fingerprint density at radius 1 is 1.00 bits per heavy atom. The number of carbonyl (C=O) groups is 2. The van der Waals surface area contributed by atoms with E-state index in [4.69, 9.17) is 0 Å². The molecule has 1 N–H and O–H groups in total. The van der Waals surface area contributed by atoms with E-state index in [9.17, 15) is 9.59 Å². The molecule has 0 aliphatic carbocycles. The molecule has 23 heavy (non-hydrogen) atoms. The van der Waals surface area contributed by atoms with Gasteiger partial charge in [0.25, 0.3) is 0 Å². The van der Waals surface area contributed by atoms with Crippen molar-refractivity contribution < 1.29 is 9.59 Å². The quantitative estimate of drug-likeness (QED) is 0.856. The number of rotatable bonds is 2. The Kier molecular flexibility index (Phi) is 5.20. The van der Waals surface area contributed by atoms with Gasteiger partial charge in [0, 0.05) is 36.3 Å². The number of amides is 3. The summed E-state index contributed by atoms with van der Waals surface area (Å²) in [4.78, 5) is 28.7. The highest BCUT2D eigenvalue weighted by atomic mass is 79.9. The molecule has 0 unspecified atom stereocenters. The maximum absolute atomic E-state index is 12.5. The molecule has 2 saturated heterocycles. The summed E-state index contributed by atoms with van der Waals surface area (Å²) in [7, 11) is 0. The molecular weight excluding hydrogens is 358 g/mol. The standard InChI is InChI=1S/C17H22BrN3O2/c18-14-5-7-15(8-6-14)19-16(22)13-4-3-11-21(12-13)17(23)20-9-1-2-10-20/h5-8,13H,1-4,9-12H2,(H,19,22)/t13-/m1/s1. The molecule has 2 aliphatic rings. The number of piperidine rings is 1. The number of carbonyl (C=O) groups excluding carboxylic acids is 2. The normalized spacial score (nSPS) is 21.3. The van der Waals surface area contributed by atoms with Gasteiger partial charge in [-0.05, 0) is 49.9 Å². The lowest BCUT2D eigenvalue weighted by molar-refractivity contribution is -0.121. The Labute approximate surface area is 145 Å². The second kappa shape index (κ2) is 7.34. The first kappa shape index (κ1) is 16.3. The van der Waals surface area contributed by atoms with Crippen LogP contribution in [0.5, 0.6) is 0 Å². The van der Waals surface area contributed by atoms with Crippen LogP contribution < -0.4 is 5.32 Å². The Morgan fingerprint density at radius 2 is 1.65 bits per heavy atom. The van der Waals surface area contributed by atoms with Gasteiger partial charge in [-0.2, -0.15) is 0 Å². The lowest BCUT2D eigenvalue weighted by Gasteiger charge is -2.34. The number of urea groups is 1. The molecule has 3 rings (SSSR count). The predicted molar refractivity (Wildman–Crippen MR) is 93.3 cm³/mol. The Bertz CT molecular complexity index is 570. The van der Waals surface area contributed by atoms with Gasteiger partial charge in [0.2, 0.25) is 5.91 Å². The highest BCUT2D eigenvalue weighted by molar-refractivity contribution is 9.10. The van der Waals surface area contributed by atoms with Crippen LogP contribution >= 0.6 is 15.9 Å². The molecule has 5 nitrogen and oxygen atoms in total. The topological polar surface area (TPSA) is 52.7 Å². The fraction of sp³-hybridized carbons (Fsp3) is 0.529. The van der Waals surface area contributed by atoms with Crippen LogP contribution in [0.4, 0.5) is 10.5 Å². The fourth-order valence-corrected chi connectivity index (χ4v) is 3.52. The minimum Gasteiger partial charge on any atom is -0.326 e. The van der Waals surface area contributed by atoms with Gasteiger partial charge < -0.3 is 15.1 Å². The first-order chi connectivity index (χ1) is 11.1. The predicted octanol–water partition coefficient (Wildman–Crippen LogP) is 3.32. The summed E-state index contributed by atoms with van der Waals surface area (Å²) in [6.45, 7) is 2.99. The van der Waals surface area contributed by atoms with Crippen LogP contribution in [-0.4, -0.2) is 47.9 Å². The zero-order valence-corrected chi connectivity index (χ0v) is 14.7. The van der Waals surface area contributed by atoms with E-state index in [1.54, 1.807) is 0 Å². The average molecular weight is 380 g/mol. The van der Waals surface area contributed by atoms with Crippen LogP contribution in [-0.2, 0) is 4.79 Å². The smallest absolute Gasteiger partial charge is 0.320 e. The number of halogens is 1. The number of hydrogen-bond acceptors (Lipinski definition) is 2. The monoisotopic (exact) mass is 379 g/mol. The van der Waals surface area contributed by atoms with E-state index in [1.165, 1.54) is 0 Å². The number of likely N-dealkylation sites (tertiary alicyclic amines) is 2. The summed E-state index contributed by atoms with van der Waals surface area (Å²) in [5, 5.41) is 2.96. The van der Waals surface area contributed by atoms with Crippen molar-refractivity contribution in [3.63, 3.8) is 0 Å². The zero-order chi connectivity index (χ0) is 16.2. The van der Waals surface area contributed by atoms with Crippen molar-refractivity contribution in [2.75, 3.05) is 31.5 Å². The molecule has 2 fully saturated rings. The summed E-state index contributed by atoms with van der Waals surface area (Å²) in [5.41, 5.74) is 0.793. The number of hydrogen-bond donors (Lipinski definition) is 1. The lowest BCUT2D eigenvalue weighted by Crippen LogP contribution is -2.48. The van der Waals surface area contributed by atoms with Gasteiger partial charge in [-0.3, -0.25) is 4.79 Å². The maximum Gasteiger partial charge on any atom is 0.320 e. The Hall–Kier alpha value is -1.56. The molecule has 0 saturated carbocycles. The van der Waals surface area contributed by atoms with Crippen LogP contribution in [0.1, 0.15) is 25.7 Å². The van der Waals surface area contributed by atoms with Gasteiger partial charge in [-0.15, -0.1) is 0 Å². The molecule has 0 bridgehead atoms. The molecule has 6 heteroatoms. The Morgan fingerprint density at radius 3 is 2.35 bits per heavy atom. The van der Waals surface area contributed by atoms with E-state index in [0.29, 0.717) is 6.54 Å². The molecular formula is C17H22BrN3O2. The van der Waals surface area contributed by atoms with Crippen molar-refractivity contribution in [1.29, 1.82) is 0 Å². The van der Waals surface area contributed by atoms with E-state index in [-0.39, 0.29) is 17.9 Å². The van der Waals surface area contributed by atoms with Crippen molar-refractivity contribution in [2.24, 2.45) is 5.92 Å². The van der Waals surface area contributed by atoms with E-state index in [2.05, 4.69) is 21.2 Å². The molecule has 0 radical (unpaired) electrons. The van der Waals surface area contributed by atoms with Crippen LogP contribution in [0.15, 0.2) is 28.7 Å². The molecule has 0 spiro atoms. The van der Waals surface area contributed by atoms with Crippen molar-refractivity contribution in [1.82, 2.24) is 9.80 Å². The van der Waals surface area contributed by atoms with E-state index >= 15 is 0 Å². The minimum absolute atomic E-state index is 0.00578. The maximum atomic E-state index is 12.5. The van der Waals surface area contributed by atoms with Crippen LogP contribution in [0.25, 0.3) is 0 Å². The van der Waals surface area contributed by atoms with Gasteiger partial charge in [-0.1, -0.05) is 15.9 Å². The highest BCUT2D eigenvalue weighted by Crippen LogP contribution is 2.22. The second-order valence-corrected chi connectivity index (χ2v) is 7.17. The fourth-order valence-electron chi connectivity index (χ4n) is 3.25. The van der Waals surface area contributed by atoms with Crippen LogP contribution in [0, 0.1) is 5.92 Å². The van der Waals surface area contributed by atoms with Crippen molar-refractivity contribution in [3.8, 4) is 0 Å². The van der Waals surface area contributed by atoms with Gasteiger partial charge >= 0.3 is 6.03 Å². The third-order valence-corrected chi connectivity index (χ3v) is 5.08. The minimum atomic E-state index is -0.126. The van der Waals surface area contributed by atoms with Crippen molar-refractivity contribution >= 4 is 33.6 Å². The summed E-state index contributed by atoms with van der Waals surface area (Å²) >= 11 is 3.38. The first-order valence-corrected chi connectivity index (χ1v) is 9.03. The van der Waals surface area contributed by atoms with Gasteiger partial charge in [0.15, 0.2) is 0 Å². The molecule has 2 aliphatic heterocycles. The second-order valence-electron chi connectivity index (χ2n) is 6.26. The molecule has 1 aromatic carbocycles. The lowest BCUT2D eigenvalue weighted by atomic mass is 9.97. The SMILES string of the molecule is O=C(Nc1ccc(Br)cc1)[C@@H]1CCCN(C(=O)N2CCCC2)C1. The molecule has 124 valence electrons. The Balaban J connectivity index is 1.57. The average Bonchev–Trinajstić information content (AvgIpc) is 3.11. The number of nitrogens with one attached hydrogen (secondary N) is 1. The first-order valence-electron chi connectivity index (χ1n) is 8.24. The van der Waals surface area contributed by atoms with Crippen molar-refractivity contribution in [3.05, 3.63) is 28.7 Å². The summed E-state index contributed by atoms with van der Waals surface area (Å²) in [6.07, 6.45) is 3.91. The summed E-state index contributed by atoms with van der Waals surface area (Å²) < 4.78 is 0.982. The van der Waals surface area contributed by atoms with Crippen molar-refractivity contribution in [2.45, 2.75) is 25.7 Å². The van der Waals surface area contributed by atoms with Gasteiger partial charge in [0.1, 0.15) is 0 Å². The largest absolute Gasteiger partial charge is 0.326 e. The molecule has 0 aromatic heterocycles. The van der Waals surface area contributed by atoms with Crippen LogP contribution in [0.2, 0.25) is 0 Å². The van der Waals surface area contributed by atoms with Gasteiger partial charge in [0.05, 0.1) is 5.92 Å². The van der Waals surface area contributed by atoms with Gasteiger partial charge in [-0.25, -0.2) is 4.79 Å². The third kappa shape index (κ3) is 4.05. The molecule has 2 heterocycles. The third-order valence-electron chi connectivity index (χ3n) is 4.55. The molecule has 3 amide bonds. The van der Waals surface area contributed by atoms with E-state index in [0.717, 1.165) is 55.5 Å². The van der Waals surface area contributed by atoms with E-state index < -0.39 is 0 Å². The molecule has 1 atom stereocenters. The number of anilines is 1. The van der Waals surface area contributed by atoms with Crippen LogP contribution in [0.3, 0.4) is 0 Å².